The number of nitrogens with one attached hydrogen (secondary N) is 1. The molecule has 0 atom stereocenters. The first-order valence-corrected chi connectivity index (χ1v) is 11.8. The van der Waals surface area contributed by atoms with E-state index in [1.165, 1.54) is 24.3 Å². The van der Waals surface area contributed by atoms with Gasteiger partial charge in [0.05, 0.1) is 11.5 Å². The second-order valence-electron chi connectivity index (χ2n) is 7.20. The van der Waals surface area contributed by atoms with Gasteiger partial charge >= 0.3 is 5.97 Å². The second kappa shape index (κ2) is 9.53. The quantitative estimate of drug-likeness (QED) is 0.359. The Morgan fingerprint density at radius 1 is 1.12 bits per heavy atom. The molecule has 0 fully saturated rings. The first-order chi connectivity index (χ1) is 16.3. The van der Waals surface area contributed by atoms with Gasteiger partial charge in [-0.2, -0.15) is 4.98 Å². The van der Waals surface area contributed by atoms with Crippen LogP contribution >= 0.6 is 0 Å². The van der Waals surface area contributed by atoms with Gasteiger partial charge in [0, 0.05) is 12.1 Å². The average molecular weight is 485 g/mol. The zero-order valence-electron chi connectivity index (χ0n) is 18.0. The molecule has 4 aromatic rings. The maximum Gasteiger partial charge on any atom is 0.376 e. The third-order valence-electron chi connectivity index (χ3n) is 4.87. The van der Waals surface area contributed by atoms with Crippen molar-refractivity contribution in [3.05, 3.63) is 65.7 Å². The number of nitrogens with zero attached hydrogens (tertiary/aromatic N) is 3. The van der Waals surface area contributed by atoms with Gasteiger partial charge in [-0.1, -0.05) is 17.3 Å². The van der Waals surface area contributed by atoms with Crippen LogP contribution in [0.3, 0.4) is 0 Å². The van der Waals surface area contributed by atoms with Gasteiger partial charge in [0.15, 0.2) is 0 Å². The lowest BCUT2D eigenvalue weighted by atomic mass is 10.1. The number of aromatic nitrogens is 3. The normalized spacial score (nSPS) is 11.5. The Hall–Kier alpha value is -3.90. The van der Waals surface area contributed by atoms with Crippen LogP contribution < -0.4 is 10.5 Å². The number of carbonyl (C=O) groups is 1. The molecular formula is C22H20FN5O5S. The molecule has 176 valence electrons. The summed E-state index contributed by atoms with van der Waals surface area (Å²) >= 11 is 0. The number of fused-ring (bicyclic) bond motifs is 1. The van der Waals surface area contributed by atoms with Gasteiger partial charge in [0.25, 0.3) is 5.71 Å². The first-order valence-electron chi connectivity index (χ1n) is 10.2. The molecule has 0 bridgehead atoms. The number of hydrogen-bond donors (Lipinski definition) is 2. The fourth-order valence-corrected chi connectivity index (χ4v) is 3.76. The lowest BCUT2D eigenvalue weighted by Gasteiger charge is -2.09. The van der Waals surface area contributed by atoms with E-state index in [0.717, 1.165) is 5.56 Å². The minimum Gasteiger partial charge on any atom is -0.460 e. The van der Waals surface area contributed by atoms with Crippen LogP contribution in [0.25, 0.3) is 22.4 Å². The molecule has 34 heavy (non-hydrogen) atoms. The van der Waals surface area contributed by atoms with Crippen molar-refractivity contribution < 1.29 is 26.9 Å². The van der Waals surface area contributed by atoms with E-state index in [4.69, 9.17) is 14.4 Å². The van der Waals surface area contributed by atoms with E-state index in [2.05, 4.69) is 20.4 Å². The van der Waals surface area contributed by atoms with Crippen molar-refractivity contribution in [1.29, 1.82) is 0 Å². The third-order valence-corrected chi connectivity index (χ3v) is 5.80. The molecule has 12 heteroatoms. The average Bonchev–Trinajstić information content (AvgIpc) is 3.24. The number of ether oxygens (including phenoxy) is 1. The van der Waals surface area contributed by atoms with Gasteiger partial charge in [-0.05, 0) is 55.3 Å². The van der Waals surface area contributed by atoms with Crippen molar-refractivity contribution in [3.8, 4) is 11.3 Å². The van der Waals surface area contributed by atoms with Crippen molar-refractivity contribution in [2.45, 2.75) is 18.2 Å². The molecule has 0 aliphatic heterocycles. The summed E-state index contributed by atoms with van der Waals surface area (Å²) in [5, 5.41) is 12.7. The predicted octanol–water partition coefficient (Wildman–Crippen LogP) is 2.90. The first kappa shape index (κ1) is 23.3. The number of rotatable bonds is 8. The van der Waals surface area contributed by atoms with Crippen molar-refractivity contribution in [3.63, 3.8) is 0 Å². The summed E-state index contributed by atoms with van der Waals surface area (Å²) in [5.74, 6) is -1.03. The Kier molecular flexibility index (Phi) is 6.52. The van der Waals surface area contributed by atoms with Crippen LogP contribution in [0.2, 0.25) is 0 Å². The molecule has 10 nitrogen and oxygen atoms in total. The molecule has 0 saturated carbocycles. The van der Waals surface area contributed by atoms with E-state index in [9.17, 15) is 17.6 Å². The van der Waals surface area contributed by atoms with E-state index in [1.807, 2.05) is 0 Å². The molecule has 0 amide bonds. The summed E-state index contributed by atoms with van der Waals surface area (Å²) < 4.78 is 46.6. The van der Waals surface area contributed by atoms with Crippen LogP contribution in [0.15, 0.2) is 57.9 Å². The van der Waals surface area contributed by atoms with Crippen LogP contribution in [0.1, 0.15) is 23.1 Å². The van der Waals surface area contributed by atoms with Gasteiger partial charge in [0.2, 0.25) is 15.8 Å². The van der Waals surface area contributed by atoms with Crippen molar-refractivity contribution >= 4 is 32.9 Å². The number of anilines is 1. The molecular weight excluding hydrogens is 465 g/mol. The van der Waals surface area contributed by atoms with Crippen LogP contribution in [0.4, 0.5) is 10.2 Å². The molecule has 0 aliphatic carbocycles. The van der Waals surface area contributed by atoms with Crippen LogP contribution in [0, 0.1) is 5.82 Å². The Bertz CT molecular complexity index is 1440. The Morgan fingerprint density at radius 3 is 2.47 bits per heavy atom. The summed E-state index contributed by atoms with van der Waals surface area (Å²) in [5.41, 5.74) is 1.87. The predicted molar refractivity (Wildman–Crippen MR) is 121 cm³/mol. The highest BCUT2D eigenvalue weighted by Gasteiger charge is 2.22. The maximum absolute atomic E-state index is 13.4. The van der Waals surface area contributed by atoms with Gasteiger partial charge in [-0.25, -0.2) is 27.7 Å². The summed E-state index contributed by atoms with van der Waals surface area (Å²) in [4.78, 5) is 20.7. The minimum atomic E-state index is -3.77. The minimum absolute atomic E-state index is 0.0224. The Labute approximate surface area is 194 Å². The molecule has 0 aliphatic rings. The van der Waals surface area contributed by atoms with Crippen molar-refractivity contribution in [2.75, 3.05) is 18.5 Å². The van der Waals surface area contributed by atoms with E-state index in [-0.39, 0.29) is 28.9 Å². The summed E-state index contributed by atoms with van der Waals surface area (Å²) in [6.45, 7) is 2.18. The third kappa shape index (κ3) is 5.02. The number of primary sulfonamides is 1. The number of carbonyl (C=O) groups excluding carboxylic acids is 1. The summed E-state index contributed by atoms with van der Waals surface area (Å²) in [6, 6.07) is 11.8. The largest absolute Gasteiger partial charge is 0.460 e. The lowest BCUT2D eigenvalue weighted by molar-refractivity contribution is 0.0512. The number of esters is 1. The lowest BCUT2D eigenvalue weighted by Crippen LogP contribution is -2.14. The molecule has 0 saturated heterocycles. The highest BCUT2D eigenvalue weighted by Crippen LogP contribution is 2.32. The van der Waals surface area contributed by atoms with Gasteiger partial charge in [0.1, 0.15) is 22.7 Å². The Morgan fingerprint density at radius 2 is 1.82 bits per heavy atom. The number of sulfonamides is 1. The summed E-state index contributed by atoms with van der Waals surface area (Å²) in [7, 11) is -3.77. The maximum atomic E-state index is 13.4. The molecule has 3 N–H and O–H groups in total. The highest BCUT2D eigenvalue weighted by atomic mass is 32.2. The highest BCUT2D eigenvalue weighted by molar-refractivity contribution is 7.89. The van der Waals surface area contributed by atoms with Gasteiger partial charge in [-0.15, -0.1) is 0 Å². The standard InChI is InChI=1S/C22H20FN5O5S/c1-2-32-22(29)20-26-19(25-12-11-13-3-9-16(10-4-13)34(24,30)31)17-18(28-33-21(17)27-20)14-5-7-15(23)8-6-14/h3-10H,2,11-12H2,1H3,(H2,24,30,31)(H,25,26,27). The van der Waals surface area contributed by atoms with E-state index in [1.54, 1.807) is 31.2 Å². The monoisotopic (exact) mass is 485 g/mol. The molecule has 0 radical (unpaired) electrons. The fourth-order valence-electron chi connectivity index (χ4n) is 3.24. The van der Waals surface area contributed by atoms with Crippen molar-refractivity contribution in [2.24, 2.45) is 5.14 Å². The van der Waals surface area contributed by atoms with Gasteiger partial charge in [-0.3, -0.25) is 0 Å². The SMILES string of the molecule is CCOC(=O)c1nc(NCCc2ccc(S(N)(=O)=O)cc2)c2c(-c3ccc(F)cc3)noc2n1. The topological polar surface area (TPSA) is 150 Å². The molecule has 0 unspecified atom stereocenters. The smallest absolute Gasteiger partial charge is 0.376 e. The van der Waals surface area contributed by atoms with Crippen LogP contribution in [-0.4, -0.2) is 42.7 Å². The van der Waals surface area contributed by atoms with Crippen molar-refractivity contribution in [1.82, 2.24) is 15.1 Å². The Balaban J connectivity index is 1.65. The number of nitrogens with two attached hydrogens (primary N) is 1. The molecule has 0 spiro atoms. The van der Waals surface area contributed by atoms with Crippen LogP contribution in [-0.2, 0) is 21.2 Å². The molecule has 2 aromatic carbocycles. The second-order valence-corrected chi connectivity index (χ2v) is 8.76. The summed E-state index contributed by atoms with van der Waals surface area (Å²) in [6.07, 6.45) is 0.502. The van der Waals surface area contributed by atoms with E-state index >= 15 is 0 Å². The van der Waals surface area contributed by atoms with E-state index in [0.29, 0.717) is 29.6 Å². The van der Waals surface area contributed by atoms with Crippen LogP contribution in [0.5, 0.6) is 0 Å². The van der Waals surface area contributed by atoms with Gasteiger partial charge < -0.3 is 14.6 Å². The number of benzene rings is 2. The number of halogens is 1. The fraction of sp³-hybridized carbons (Fsp3) is 0.182. The molecule has 4 rings (SSSR count). The zero-order valence-corrected chi connectivity index (χ0v) is 18.8. The zero-order chi connectivity index (χ0) is 24.3. The van der Waals surface area contributed by atoms with E-state index < -0.39 is 21.8 Å². The molecule has 2 aromatic heterocycles. The number of hydrogen-bond acceptors (Lipinski definition) is 9. The molecule has 2 heterocycles.